The Morgan fingerprint density at radius 3 is 1.96 bits per heavy atom. The lowest BCUT2D eigenvalue weighted by atomic mass is 10.2. The first-order valence-electron chi connectivity index (χ1n) is 8.12. The predicted octanol–water partition coefficient (Wildman–Crippen LogP) is 2.72. The van der Waals surface area contributed by atoms with Gasteiger partial charge in [0.1, 0.15) is 6.04 Å². The molecule has 28 heavy (non-hydrogen) atoms. The minimum Gasteiger partial charge on any atom is -0.326 e. The van der Waals surface area contributed by atoms with Gasteiger partial charge in [0.15, 0.2) is 11.6 Å². The fourth-order valence-corrected chi connectivity index (χ4v) is 3.68. The summed E-state index contributed by atoms with van der Waals surface area (Å²) in [5.41, 5.74) is 0.716. The van der Waals surface area contributed by atoms with E-state index in [0.29, 0.717) is 21.7 Å². The highest BCUT2D eigenvalue weighted by molar-refractivity contribution is 7.92. The first-order valence-corrected chi connectivity index (χ1v) is 9.97. The van der Waals surface area contributed by atoms with Gasteiger partial charge in [-0.3, -0.25) is 13.9 Å². The number of nitrogens with one attached hydrogen (secondary N) is 2. The fourth-order valence-electron chi connectivity index (χ4n) is 2.52. The van der Waals surface area contributed by atoms with E-state index < -0.39 is 33.6 Å². The first-order chi connectivity index (χ1) is 13.0. The Morgan fingerprint density at radius 2 is 1.50 bits per heavy atom. The monoisotopic (exact) mass is 411 g/mol. The maximum Gasteiger partial charge on any atom is 0.247 e. The first kappa shape index (κ1) is 21.3. The van der Waals surface area contributed by atoms with E-state index in [9.17, 15) is 26.8 Å². The summed E-state index contributed by atoms with van der Waals surface area (Å²) in [5.74, 6) is -3.29. The highest BCUT2D eigenvalue weighted by Crippen LogP contribution is 2.24. The Hall–Kier alpha value is -3.01. The third-order valence-electron chi connectivity index (χ3n) is 3.72. The number of amides is 2. The predicted molar refractivity (Wildman–Crippen MR) is 103 cm³/mol. The summed E-state index contributed by atoms with van der Waals surface area (Å²) in [6.07, 6.45) is 0.861. The van der Waals surface area contributed by atoms with Gasteiger partial charge in [-0.05, 0) is 43.3 Å². The summed E-state index contributed by atoms with van der Waals surface area (Å²) >= 11 is 0. The summed E-state index contributed by atoms with van der Waals surface area (Å²) < 4.78 is 51.7. The van der Waals surface area contributed by atoms with Gasteiger partial charge in [0.2, 0.25) is 21.8 Å². The van der Waals surface area contributed by atoms with Gasteiger partial charge in [0, 0.05) is 24.4 Å². The zero-order valence-electron chi connectivity index (χ0n) is 15.4. The zero-order chi connectivity index (χ0) is 21.1. The van der Waals surface area contributed by atoms with Gasteiger partial charge >= 0.3 is 0 Å². The third kappa shape index (κ3) is 5.26. The third-order valence-corrected chi connectivity index (χ3v) is 4.96. The number of benzene rings is 2. The minimum atomic E-state index is -3.97. The molecular formula is C18H19F2N3O4S. The molecule has 0 aromatic heterocycles. The van der Waals surface area contributed by atoms with Gasteiger partial charge in [0.05, 0.1) is 11.9 Å². The molecule has 0 saturated carbocycles. The van der Waals surface area contributed by atoms with Crippen molar-refractivity contribution >= 4 is 38.9 Å². The van der Waals surface area contributed by atoms with E-state index >= 15 is 0 Å². The number of nitrogens with zero attached hydrogens (tertiary/aromatic N) is 1. The van der Waals surface area contributed by atoms with E-state index in [1.807, 2.05) is 0 Å². The van der Waals surface area contributed by atoms with Crippen LogP contribution in [0.5, 0.6) is 0 Å². The molecule has 2 N–H and O–H groups in total. The van der Waals surface area contributed by atoms with Crippen LogP contribution in [0.15, 0.2) is 42.5 Å². The number of carbonyl (C=O) groups is 2. The van der Waals surface area contributed by atoms with Crippen molar-refractivity contribution in [3.05, 3.63) is 54.1 Å². The molecular weight excluding hydrogens is 392 g/mol. The largest absolute Gasteiger partial charge is 0.326 e. The van der Waals surface area contributed by atoms with Crippen LogP contribution in [-0.2, 0) is 19.6 Å². The molecule has 2 aromatic carbocycles. The molecule has 0 saturated heterocycles. The van der Waals surface area contributed by atoms with Gasteiger partial charge < -0.3 is 10.6 Å². The fraction of sp³-hybridized carbons (Fsp3) is 0.222. The van der Waals surface area contributed by atoms with Crippen LogP contribution in [0.2, 0.25) is 0 Å². The summed E-state index contributed by atoms with van der Waals surface area (Å²) in [6.45, 7) is 2.68. The van der Waals surface area contributed by atoms with E-state index in [4.69, 9.17) is 0 Å². The standard InChI is InChI=1S/C18H19F2N3O4S/c1-11(18(25)22-14-6-4-13(5-7-14)21-12(2)24)23(28(3,26)27)15-8-9-16(19)17(20)10-15/h4-11H,1-3H3,(H,21,24)(H,22,25)/t11-/m0/s1. The van der Waals surface area contributed by atoms with Crippen molar-refractivity contribution < 1.29 is 26.8 Å². The smallest absolute Gasteiger partial charge is 0.247 e. The molecule has 10 heteroatoms. The second kappa shape index (κ2) is 8.34. The molecule has 0 fully saturated rings. The van der Waals surface area contributed by atoms with Crippen molar-refractivity contribution in [2.45, 2.75) is 19.9 Å². The highest BCUT2D eigenvalue weighted by atomic mass is 32.2. The van der Waals surface area contributed by atoms with Crippen LogP contribution >= 0.6 is 0 Å². The lowest BCUT2D eigenvalue weighted by Crippen LogP contribution is -2.45. The Bertz CT molecular complexity index is 994. The summed E-state index contributed by atoms with van der Waals surface area (Å²) in [6, 6.07) is 7.50. The van der Waals surface area contributed by atoms with Crippen LogP contribution in [0.1, 0.15) is 13.8 Å². The van der Waals surface area contributed by atoms with Gasteiger partial charge in [-0.25, -0.2) is 17.2 Å². The maximum atomic E-state index is 13.5. The summed E-state index contributed by atoms with van der Waals surface area (Å²) in [5, 5.41) is 5.12. The average Bonchev–Trinajstić information content (AvgIpc) is 2.58. The molecule has 150 valence electrons. The Morgan fingerprint density at radius 1 is 0.964 bits per heavy atom. The second-order valence-corrected chi connectivity index (χ2v) is 7.94. The van der Waals surface area contributed by atoms with Crippen molar-refractivity contribution in [3.8, 4) is 0 Å². The van der Waals surface area contributed by atoms with E-state index in [2.05, 4.69) is 10.6 Å². The summed E-state index contributed by atoms with van der Waals surface area (Å²) in [4.78, 5) is 23.6. The molecule has 0 spiro atoms. The van der Waals surface area contributed by atoms with E-state index in [-0.39, 0.29) is 11.6 Å². The van der Waals surface area contributed by atoms with Gasteiger partial charge in [-0.2, -0.15) is 0 Å². The number of hydrogen-bond donors (Lipinski definition) is 2. The Labute approximate surface area is 161 Å². The lowest BCUT2D eigenvalue weighted by Gasteiger charge is -2.28. The van der Waals surface area contributed by atoms with Crippen LogP contribution in [0.3, 0.4) is 0 Å². The number of carbonyl (C=O) groups excluding carboxylic acids is 2. The molecule has 0 heterocycles. The van der Waals surface area contributed by atoms with Crippen molar-refractivity contribution in [3.63, 3.8) is 0 Å². The number of sulfonamides is 1. The van der Waals surface area contributed by atoms with Crippen molar-refractivity contribution in [1.82, 2.24) is 0 Å². The van der Waals surface area contributed by atoms with Crippen molar-refractivity contribution in [2.24, 2.45) is 0 Å². The maximum absolute atomic E-state index is 13.5. The van der Waals surface area contributed by atoms with Gasteiger partial charge in [-0.1, -0.05) is 0 Å². The average molecular weight is 411 g/mol. The molecule has 2 rings (SSSR count). The molecule has 2 amide bonds. The molecule has 0 radical (unpaired) electrons. The van der Waals surface area contributed by atoms with Crippen LogP contribution in [0.4, 0.5) is 25.8 Å². The number of anilines is 3. The normalized spacial score (nSPS) is 12.2. The highest BCUT2D eigenvalue weighted by Gasteiger charge is 2.29. The van der Waals surface area contributed by atoms with E-state index in [1.54, 1.807) is 12.1 Å². The molecule has 2 aromatic rings. The molecule has 0 aliphatic carbocycles. The number of rotatable bonds is 6. The van der Waals surface area contributed by atoms with Crippen LogP contribution in [0, 0.1) is 11.6 Å². The Kier molecular flexibility index (Phi) is 6.34. The number of halogens is 2. The Balaban J connectivity index is 2.24. The molecule has 0 aliphatic heterocycles. The van der Waals surface area contributed by atoms with Crippen molar-refractivity contribution in [2.75, 3.05) is 21.2 Å². The van der Waals surface area contributed by atoms with Crippen LogP contribution in [-0.4, -0.2) is 32.5 Å². The molecule has 1 atom stereocenters. The molecule has 0 unspecified atom stereocenters. The van der Waals surface area contributed by atoms with Crippen LogP contribution in [0.25, 0.3) is 0 Å². The van der Waals surface area contributed by atoms with E-state index in [1.165, 1.54) is 26.0 Å². The summed E-state index contributed by atoms with van der Waals surface area (Å²) in [7, 11) is -3.97. The van der Waals surface area contributed by atoms with E-state index in [0.717, 1.165) is 18.4 Å². The topological polar surface area (TPSA) is 95.6 Å². The minimum absolute atomic E-state index is 0.176. The van der Waals surface area contributed by atoms with Gasteiger partial charge in [0.25, 0.3) is 0 Å². The lowest BCUT2D eigenvalue weighted by molar-refractivity contribution is -0.117. The van der Waals surface area contributed by atoms with Gasteiger partial charge in [-0.15, -0.1) is 0 Å². The van der Waals surface area contributed by atoms with Crippen LogP contribution < -0.4 is 14.9 Å². The quantitative estimate of drug-likeness (QED) is 0.764. The zero-order valence-corrected chi connectivity index (χ0v) is 16.2. The van der Waals surface area contributed by atoms with Crippen molar-refractivity contribution in [1.29, 1.82) is 0 Å². The molecule has 0 bridgehead atoms. The molecule has 7 nitrogen and oxygen atoms in total. The molecule has 0 aliphatic rings. The SMILES string of the molecule is CC(=O)Nc1ccc(NC(=O)[C@H](C)N(c2ccc(F)c(F)c2)S(C)(=O)=O)cc1. The number of hydrogen-bond acceptors (Lipinski definition) is 4. The second-order valence-electron chi connectivity index (χ2n) is 6.08.